The van der Waals surface area contributed by atoms with Crippen LogP contribution in [0.2, 0.25) is 0 Å². The van der Waals surface area contributed by atoms with Gasteiger partial charge < -0.3 is 5.73 Å². The second kappa shape index (κ2) is 7.36. The van der Waals surface area contributed by atoms with E-state index in [1.165, 1.54) is 19.3 Å². The first-order valence-corrected chi connectivity index (χ1v) is 6.08. The van der Waals surface area contributed by atoms with Crippen molar-refractivity contribution in [2.45, 2.75) is 38.8 Å². The van der Waals surface area contributed by atoms with Crippen LogP contribution in [-0.2, 0) is 6.54 Å². The van der Waals surface area contributed by atoms with E-state index in [0.717, 1.165) is 18.8 Å². The molecule has 0 saturated heterocycles. The van der Waals surface area contributed by atoms with Crippen molar-refractivity contribution in [3.63, 3.8) is 0 Å². The molecule has 3 heteroatoms. The van der Waals surface area contributed by atoms with Crippen LogP contribution in [0, 0.1) is 0 Å². The van der Waals surface area contributed by atoms with Gasteiger partial charge in [0.25, 0.3) is 0 Å². The Morgan fingerprint density at radius 2 is 2.25 bits per heavy atom. The first-order chi connectivity index (χ1) is 7.77. The van der Waals surface area contributed by atoms with E-state index in [2.05, 4.69) is 29.9 Å². The van der Waals surface area contributed by atoms with E-state index in [9.17, 15) is 0 Å². The maximum Gasteiger partial charge on any atom is 0.0543 e. The Morgan fingerprint density at radius 3 is 2.81 bits per heavy atom. The minimum absolute atomic E-state index is 0.474. The number of pyridine rings is 1. The molecule has 1 aromatic rings. The normalized spacial score (nSPS) is 13.0. The van der Waals surface area contributed by atoms with Crippen LogP contribution < -0.4 is 5.73 Å². The van der Waals surface area contributed by atoms with E-state index in [1.807, 2.05) is 18.3 Å². The van der Waals surface area contributed by atoms with Crippen LogP contribution in [-0.4, -0.2) is 29.5 Å². The van der Waals surface area contributed by atoms with E-state index < -0.39 is 0 Å². The second-order valence-electron chi connectivity index (χ2n) is 4.27. The summed E-state index contributed by atoms with van der Waals surface area (Å²) in [5.41, 5.74) is 6.92. The molecule has 0 fully saturated rings. The van der Waals surface area contributed by atoms with Crippen LogP contribution in [0.1, 0.15) is 31.9 Å². The molecule has 0 aliphatic rings. The molecule has 0 aromatic carbocycles. The third-order valence-corrected chi connectivity index (χ3v) is 2.92. The first kappa shape index (κ1) is 13.1. The molecule has 2 N–H and O–H groups in total. The van der Waals surface area contributed by atoms with E-state index in [4.69, 9.17) is 5.73 Å². The van der Waals surface area contributed by atoms with Gasteiger partial charge in [-0.3, -0.25) is 9.88 Å². The average Bonchev–Trinajstić information content (AvgIpc) is 2.31. The number of hydrogen-bond donors (Lipinski definition) is 1. The quantitative estimate of drug-likeness (QED) is 0.766. The van der Waals surface area contributed by atoms with Gasteiger partial charge in [0.2, 0.25) is 0 Å². The first-order valence-electron chi connectivity index (χ1n) is 6.08. The molecule has 1 unspecified atom stereocenters. The molecule has 0 radical (unpaired) electrons. The van der Waals surface area contributed by atoms with Crippen molar-refractivity contribution < 1.29 is 0 Å². The highest BCUT2D eigenvalue weighted by Gasteiger charge is 2.12. The van der Waals surface area contributed by atoms with E-state index in [1.54, 1.807) is 0 Å². The Bertz CT molecular complexity index is 274. The third kappa shape index (κ3) is 4.29. The predicted molar refractivity (Wildman–Crippen MR) is 68.1 cm³/mol. The lowest BCUT2D eigenvalue weighted by molar-refractivity contribution is 0.221. The molecule has 0 bridgehead atoms. The average molecular weight is 221 g/mol. The molecule has 3 nitrogen and oxygen atoms in total. The summed E-state index contributed by atoms with van der Waals surface area (Å²) in [4.78, 5) is 6.64. The molecule has 1 rings (SSSR count). The molecule has 1 aromatic heterocycles. The Labute approximate surface area is 98.7 Å². The molecule has 0 aliphatic heterocycles. The number of likely N-dealkylation sites (N-methyl/N-ethyl adjacent to an activating group) is 1. The fourth-order valence-electron chi connectivity index (χ4n) is 1.83. The number of rotatable bonds is 7. The monoisotopic (exact) mass is 221 g/mol. The lowest BCUT2D eigenvalue weighted by Crippen LogP contribution is -2.37. The Balaban J connectivity index is 2.46. The molecule has 1 atom stereocenters. The highest BCUT2D eigenvalue weighted by atomic mass is 15.1. The Kier molecular flexibility index (Phi) is 6.04. The molecular weight excluding hydrogens is 198 g/mol. The largest absolute Gasteiger partial charge is 0.329 e. The van der Waals surface area contributed by atoms with Crippen molar-refractivity contribution in [3.05, 3.63) is 30.1 Å². The van der Waals surface area contributed by atoms with Crippen molar-refractivity contribution in [2.24, 2.45) is 5.73 Å². The summed E-state index contributed by atoms with van der Waals surface area (Å²) in [5.74, 6) is 0. The van der Waals surface area contributed by atoms with Gasteiger partial charge in [-0.2, -0.15) is 0 Å². The number of nitrogens with zero attached hydrogens (tertiary/aromatic N) is 2. The summed E-state index contributed by atoms with van der Waals surface area (Å²) in [7, 11) is 2.13. The summed E-state index contributed by atoms with van der Waals surface area (Å²) in [6, 6.07) is 6.51. The summed E-state index contributed by atoms with van der Waals surface area (Å²) in [5, 5.41) is 0. The maximum atomic E-state index is 5.81. The maximum absolute atomic E-state index is 5.81. The predicted octanol–water partition coefficient (Wildman–Crippen LogP) is 2.03. The SMILES string of the molecule is CCCCC(CN)N(C)Cc1ccccn1. The van der Waals surface area contributed by atoms with Crippen LogP contribution in [0.4, 0.5) is 0 Å². The number of hydrogen-bond acceptors (Lipinski definition) is 3. The summed E-state index contributed by atoms with van der Waals surface area (Å²) in [6.45, 7) is 3.82. The van der Waals surface area contributed by atoms with Crippen LogP contribution in [0.15, 0.2) is 24.4 Å². The van der Waals surface area contributed by atoms with Gasteiger partial charge in [0.1, 0.15) is 0 Å². The van der Waals surface area contributed by atoms with Gasteiger partial charge in [0.05, 0.1) is 5.69 Å². The molecular formula is C13H23N3. The second-order valence-corrected chi connectivity index (χ2v) is 4.27. The highest BCUT2D eigenvalue weighted by molar-refractivity contribution is 5.03. The molecule has 0 spiro atoms. The highest BCUT2D eigenvalue weighted by Crippen LogP contribution is 2.09. The van der Waals surface area contributed by atoms with Gasteiger partial charge >= 0.3 is 0 Å². The topological polar surface area (TPSA) is 42.1 Å². The smallest absolute Gasteiger partial charge is 0.0543 e. The zero-order valence-corrected chi connectivity index (χ0v) is 10.4. The number of aromatic nitrogens is 1. The van der Waals surface area contributed by atoms with Gasteiger partial charge in [0, 0.05) is 25.3 Å². The summed E-state index contributed by atoms with van der Waals surface area (Å²) >= 11 is 0. The minimum atomic E-state index is 0.474. The summed E-state index contributed by atoms with van der Waals surface area (Å²) < 4.78 is 0. The molecule has 0 aliphatic carbocycles. The van der Waals surface area contributed by atoms with Crippen molar-refractivity contribution >= 4 is 0 Å². The van der Waals surface area contributed by atoms with Crippen molar-refractivity contribution in [3.8, 4) is 0 Å². The van der Waals surface area contributed by atoms with Crippen LogP contribution >= 0.6 is 0 Å². The van der Waals surface area contributed by atoms with E-state index in [0.29, 0.717) is 6.04 Å². The number of nitrogens with two attached hydrogens (primary N) is 1. The van der Waals surface area contributed by atoms with Crippen molar-refractivity contribution in [1.29, 1.82) is 0 Å². The molecule has 16 heavy (non-hydrogen) atoms. The Hall–Kier alpha value is -0.930. The van der Waals surface area contributed by atoms with Gasteiger partial charge in [-0.25, -0.2) is 0 Å². The number of unbranched alkanes of at least 4 members (excludes halogenated alkanes) is 1. The molecule has 0 saturated carbocycles. The fourth-order valence-corrected chi connectivity index (χ4v) is 1.83. The third-order valence-electron chi connectivity index (χ3n) is 2.92. The van der Waals surface area contributed by atoms with E-state index in [-0.39, 0.29) is 0 Å². The van der Waals surface area contributed by atoms with Crippen LogP contribution in [0.3, 0.4) is 0 Å². The molecule has 1 heterocycles. The summed E-state index contributed by atoms with van der Waals surface area (Å²) in [6.07, 6.45) is 5.49. The van der Waals surface area contributed by atoms with E-state index >= 15 is 0 Å². The lowest BCUT2D eigenvalue weighted by atomic mass is 10.1. The van der Waals surface area contributed by atoms with Crippen molar-refractivity contribution in [2.75, 3.05) is 13.6 Å². The van der Waals surface area contributed by atoms with Gasteiger partial charge in [0.15, 0.2) is 0 Å². The zero-order valence-electron chi connectivity index (χ0n) is 10.4. The minimum Gasteiger partial charge on any atom is -0.329 e. The van der Waals surface area contributed by atoms with Crippen LogP contribution in [0.25, 0.3) is 0 Å². The van der Waals surface area contributed by atoms with Crippen molar-refractivity contribution in [1.82, 2.24) is 9.88 Å². The standard InChI is InChI=1S/C13H23N3/c1-3-4-8-13(10-14)16(2)11-12-7-5-6-9-15-12/h5-7,9,13H,3-4,8,10-11,14H2,1-2H3. The van der Waals surface area contributed by atoms with Crippen LogP contribution in [0.5, 0.6) is 0 Å². The van der Waals surface area contributed by atoms with Gasteiger partial charge in [-0.1, -0.05) is 25.8 Å². The zero-order chi connectivity index (χ0) is 11.8. The lowest BCUT2D eigenvalue weighted by Gasteiger charge is -2.26. The molecule has 0 amide bonds. The fraction of sp³-hybridized carbons (Fsp3) is 0.615. The molecule has 90 valence electrons. The van der Waals surface area contributed by atoms with Gasteiger partial charge in [-0.15, -0.1) is 0 Å². The van der Waals surface area contributed by atoms with Gasteiger partial charge in [-0.05, 0) is 25.6 Å². The Morgan fingerprint density at radius 1 is 1.44 bits per heavy atom.